The van der Waals surface area contributed by atoms with Crippen molar-refractivity contribution >= 4 is 16.1 Å². The molecule has 0 atom stereocenters. The van der Waals surface area contributed by atoms with E-state index in [2.05, 4.69) is 17.2 Å². The third-order valence-corrected chi connectivity index (χ3v) is 5.24. The van der Waals surface area contributed by atoms with Crippen molar-refractivity contribution in [3.8, 4) is 0 Å². The highest BCUT2D eigenvalue weighted by atomic mass is 32.2. The number of benzene rings is 1. The molecule has 0 bridgehead atoms. The lowest BCUT2D eigenvalue weighted by molar-refractivity contribution is 0.241. The molecule has 0 aliphatic heterocycles. The summed E-state index contributed by atoms with van der Waals surface area (Å²) in [7, 11) is -1.92. The van der Waals surface area contributed by atoms with E-state index >= 15 is 0 Å². The minimum Gasteiger partial charge on any atom is -0.335 e. The molecule has 0 aliphatic rings. The maximum absolute atomic E-state index is 12.3. The summed E-state index contributed by atoms with van der Waals surface area (Å²) in [5, 5.41) is 5.27. The number of amides is 2. The number of sulfonamides is 1. The van der Waals surface area contributed by atoms with Crippen LogP contribution >= 0.6 is 0 Å². The minimum absolute atomic E-state index is 0.111. The molecule has 0 fully saturated rings. The van der Waals surface area contributed by atoms with Gasteiger partial charge in [-0.25, -0.2) is 13.2 Å². The van der Waals surface area contributed by atoms with Crippen molar-refractivity contribution in [3.63, 3.8) is 0 Å². The first-order valence-corrected chi connectivity index (χ1v) is 8.42. The second-order valence-electron chi connectivity index (χ2n) is 5.11. The van der Waals surface area contributed by atoms with E-state index in [-0.39, 0.29) is 17.0 Å². The maximum atomic E-state index is 12.3. The van der Waals surface area contributed by atoms with Crippen LogP contribution in [0, 0.1) is 0 Å². The van der Waals surface area contributed by atoms with Crippen LogP contribution in [0.1, 0.15) is 19.4 Å². The van der Waals surface area contributed by atoms with Crippen LogP contribution in [-0.2, 0) is 16.6 Å². The number of carbonyl (C=O) groups excluding carboxylic acids is 1. The highest BCUT2D eigenvalue weighted by Crippen LogP contribution is 2.17. The molecule has 1 aromatic rings. The summed E-state index contributed by atoms with van der Waals surface area (Å²) in [6.45, 7) is 7.86. The van der Waals surface area contributed by atoms with Crippen LogP contribution in [-0.4, -0.2) is 38.4 Å². The van der Waals surface area contributed by atoms with Crippen molar-refractivity contribution in [1.82, 2.24) is 14.9 Å². The van der Waals surface area contributed by atoms with E-state index in [0.717, 1.165) is 5.56 Å². The van der Waals surface area contributed by atoms with Gasteiger partial charge < -0.3 is 10.6 Å². The number of urea groups is 1. The number of nitrogens with zero attached hydrogens (tertiary/aromatic N) is 1. The van der Waals surface area contributed by atoms with Crippen molar-refractivity contribution in [3.05, 3.63) is 42.5 Å². The number of nitrogens with one attached hydrogen (secondary N) is 2. The fourth-order valence-corrected chi connectivity index (χ4v) is 3.00. The Kier molecular flexibility index (Phi) is 6.58. The summed E-state index contributed by atoms with van der Waals surface area (Å²) < 4.78 is 25.9. The van der Waals surface area contributed by atoms with Crippen molar-refractivity contribution in [1.29, 1.82) is 0 Å². The molecule has 0 unspecified atom stereocenters. The van der Waals surface area contributed by atoms with Crippen LogP contribution < -0.4 is 10.6 Å². The summed E-state index contributed by atoms with van der Waals surface area (Å²) in [6, 6.07) is 6.07. The third-order valence-electron chi connectivity index (χ3n) is 3.19. The molecule has 1 rings (SSSR count). The van der Waals surface area contributed by atoms with Crippen LogP contribution in [0.3, 0.4) is 0 Å². The molecule has 6 nitrogen and oxygen atoms in total. The molecule has 0 saturated carbocycles. The van der Waals surface area contributed by atoms with Gasteiger partial charge in [0.05, 0.1) is 4.90 Å². The standard InChI is InChI=1S/C15H23N3O3S/c1-5-10-16-15(19)17-11-13-6-8-14(9-7-13)22(20,21)18(4)12(2)3/h5-9,12H,1,10-11H2,2-4H3,(H2,16,17,19). The lowest BCUT2D eigenvalue weighted by Crippen LogP contribution is -2.35. The highest BCUT2D eigenvalue weighted by Gasteiger charge is 2.22. The molecular weight excluding hydrogens is 302 g/mol. The zero-order valence-corrected chi connectivity index (χ0v) is 14.0. The zero-order valence-electron chi connectivity index (χ0n) is 13.2. The van der Waals surface area contributed by atoms with Gasteiger partial charge in [0.2, 0.25) is 10.0 Å². The van der Waals surface area contributed by atoms with Gasteiger partial charge in [-0.1, -0.05) is 18.2 Å². The van der Waals surface area contributed by atoms with E-state index in [9.17, 15) is 13.2 Å². The normalized spacial score (nSPS) is 11.5. The van der Waals surface area contributed by atoms with Gasteiger partial charge in [-0.15, -0.1) is 6.58 Å². The Morgan fingerprint density at radius 3 is 2.36 bits per heavy atom. The molecule has 2 N–H and O–H groups in total. The molecule has 0 radical (unpaired) electrons. The van der Waals surface area contributed by atoms with Crippen LogP contribution in [0.2, 0.25) is 0 Å². The lowest BCUT2D eigenvalue weighted by Gasteiger charge is -2.21. The van der Waals surface area contributed by atoms with Crippen LogP contribution in [0.4, 0.5) is 4.79 Å². The molecule has 0 aliphatic carbocycles. The van der Waals surface area contributed by atoms with E-state index < -0.39 is 10.0 Å². The monoisotopic (exact) mass is 325 g/mol. The van der Waals surface area contributed by atoms with Crippen LogP contribution in [0.15, 0.2) is 41.8 Å². The highest BCUT2D eigenvalue weighted by molar-refractivity contribution is 7.89. The van der Waals surface area contributed by atoms with Gasteiger partial charge in [-0.2, -0.15) is 4.31 Å². The first-order chi connectivity index (χ1) is 10.3. The molecular formula is C15H23N3O3S. The Morgan fingerprint density at radius 1 is 1.27 bits per heavy atom. The molecule has 22 heavy (non-hydrogen) atoms. The van der Waals surface area contributed by atoms with Crippen molar-refractivity contribution in [2.24, 2.45) is 0 Å². The van der Waals surface area contributed by atoms with Gasteiger partial charge in [0.15, 0.2) is 0 Å². The number of carbonyl (C=O) groups is 1. The Morgan fingerprint density at radius 2 is 1.86 bits per heavy atom. The summed E-state index contributed by atoms with van der Waals surface area (Å²) in [6.07, 6.45) is 1.59. The number of rotatable bonds is 7. The quantitative estimate of drug-likeness (QED) is 0.749. The maximum Gasteiger partial charge on any atom is 0.315 e. The smallest absolute Gasteiger partial charge is 0.315 e. The summed E-state index contributed by atoms with van der Waals surface area (Å²) >= 11 is 0. The second-order valence-corrected chi connectivity index (χ2v) is 7.11. The van der Waals surface area contributed by atoms with Gasteiger partial charge >= 0.3 is 6.03 Å². The average molecular weight is 325 g/mol. The van der Waals surface area contributed by atoms with E-state index in [4.69, 9.17) is 0 Å². The molecule has 122 valence electrons. The van der Waals surface area contributed by atoms with Gasteiger partial charge in [0.25, 0.3) is 0 Å². The molecule has 0 aromatic heterocycles. The molecule has 0 saturated heterocycles. The van der Waals surface area contributed by atoms with E-state index in [1.807, 2.05) is 13.8 Å². The second kappa shape index (κ2) is 7.95. The van der Waals surface area contributed by atoms with Crippen molar-refractivity contribution in [2.75, 3.05) is 13.6 Å². The number of hydrogen-bond donors (Lipinski definition) is 2. The SMILES string of the molecule is C=CCNC(=O)NCc1ccc(S(=O)(=O)N(C)C(C)C)cc1. The van der Waals surface area contributed by atoms with Gasteiger partial charge in [0, 0.05) is 26.2 Å². The molecule has 7 heteroatoms. The molecule has 1 aromatic carbocycles. The average Bonchev–Trinajstić information content (AvgIpc) is 2.50. The predicted molar refractivity (Wildman–Crippen MR) is 87.0 cm³/mol. The summed E-state index contributed by atoms with van der Waals surface area (Å²) in [5.41, 5.74) is 0.819. The minimum atomic E-state index is -3.48. The van der Waals surface area contributed by atoms with Crippen molar-refractivity contribution in [2.45, 2.75) is 31.3 Å². The first-order valence-electron chi connectivity index (χ1n) is 6.98. The molecule has 0 spiro atoms. The van der Waals surface area contributed by atoms with Gasteiger partial charge in [-0.3, -0.25) is 0 Å². The Labute approximate surface area is 132 Å². The van der Waals surface area contributed by atoms with Gasteiger partial charge in [-0.05, 0) is 31.5 Å². The third kappa shape index (κ3) is 4.85. The van der Waals surface area contributed by atoms with Crippen LogP contribution in [0.25, 0.3) is 0 Å². The fraction of sp³-hybridized carbons (Fsp3) is 0.400. The van der Waals surface area contributed by atoms with Gasteiger partial charge in [0.1, 0.15) is 0 Å². The Hall–Kier alpha value is -1.86. The first kappa shape index (κ1) is 18.2. The van der Waals surface area contributed by atoms with E-state index in [0.29, 0.717) is 13.1 Å². The van der Waals surface area contributed by atoms with Crippen LogP contribution in [0.5, 0.6) is 0 Å². The Balaban J connectivity index is 2.71. The topological polar surface area (TPSA) is 78.5 Å². The van der Waals surface area contributed by atoms with E-state index in [1.54, 1.807) is 37.4 Å². The summed E-state index contributed by atoms with van der Waals surface area (Å²) in [4.78, 5) is 11.6. The number of hydrogen-bond acceptors (Lipinski definition) is 3. The van der Waals surface area contributed by atoms with E-state index in [1.165, 1.54) is 4.31 Å². The Bertz CT molecular complexity index is 609. The largest absolute Gasteiger partial charge is 0.335 e. The molecule has 0 heterocycles. The van der Waals surface area contributed by atoms with Crippen molar-refractivity contribution < 1.29 is 13.2 Å². The molecule has 2 amide bonds. The summed E-state index contributed by atoms with van der Waals surface area (Å²) in [5.74, 6) is 0. The predicted octanol–water partition coefficient (Wildman–Crippen LogP) is 1.70. The zero-order chi connectivity index (χ0) is 16.8. The lowest BCUT2D eigenvalue weighted by atomic mass is 10.2. The fourth-order valence-electron chi connectivity index (χ4n) is 1.63.